The summed E-state index contributed by atoms with van der Waals surface area (Å²) in [5.41, 5.74) is 13.3. The van der Waals surface area contributed by atoms with Gasteiger partial charge < -0.3 is 0 Å². The van der Waals surface area contributed by atoms with Crippen molar-refractivity contribution in [1.29, 1.82) is 0 Å². The molecule has 0 atom stereocenters. The molecule has 0 radical (unpaired) electrons. The Morgan fingerprint density at radius 1 is 0.340 bits per heavy atom. The molecule has 1 aliphatic rings. The lowest BCUT2D eigenvalue weighted by Crippen LogP contribution is -2.28. The topological polar surface area (TPSA) is 38.7 Å². The number of hydrogen-bond acceptors (Lipinski definition) is 3. The fourth-order valence-electron chi connectivity index (χ4n) is 7.71. The first-order chi connectivity index (χ1) is 24.7. The highest BCUT2D eigenvalue weighted by Gasteiger charge is 2.46. The Bertz CT molecular complexity index is 2380. The lowest BCUT2D eigenvalue weighted by atomic mass is 9.67. The first-order valence-electron chi connectivity index (χ1n) is 17.0. The number of nitrogens with zero attached hydrogens (tertiary/aromatic N) is 3. The van der Waals surface area contributed by atoms with Crippen molar-refractivity contribution in [2.24, 2.45) is 0 Å². The lowest BCUT2D eigenvalue weighted by molar-refractivity contribution is 0.769. The minimum absolute atomic E-state index is 0.520. The third-order valence-electron chi connectivity index (χ3n) is 9.99. The lowest BCUT2D eigenvalue weighted by Gasteiger charge is -2.34. The third-order valence-corrected chi connectivity index (χ3v) is 9.99. The SMILES string of the molecule is Cc1ccccc1-c1cc(C2(c3ccccc3)c3ccccc3-c3ccccc32)ccc1-c1nc(-c2ccccc2)nc(-c2ccccc2)n1. The van der Waals surface area contributed by atoms with Gasteiger partial charge in [0.15, 0.2) is 17.5 Å². The first kappa shape index (κ1) is 29.7. The molecule has 0 spiro atoms. The van der Waals surface area contributed by atoms with E-state index in [0.717, 1.165) is 27.8 Å². The highest BCUT2D eigenvalue weighted by atomic mass is 15.0. The second-order valence-electron chi connectivity index (χ2n) is 12.8. The molecule has 236 valence electrons. The molecule has 7 aromatic carbocycles. The van der Waals surface area contributed by atoms with Crippen LogP contribution >= 0.6 is 0 Å². The molecule has 1 heterocycles. The molecule has 0 N–H and O–H groups in total. The largest absolute Gasteiger partial charge is 0.208 e. The number of fused-ring (bicyclic) bond motifs is 3. The van der Waals surface area contributed by atoms with E-state index < -0.39 is 5.41 Å². The molecule has 1 aliphatic carbocycles. The Morgan fingerprint density at radius 2 is 0.800 bits per heavy atom. The van der Waals surface area contributed by atoms with Gasteiger partial charge in [-0.05, 0) is 63.1 Å². The monoisotopic (exact) mass is 639 g/mol. The number of hydrogen-bond donors (Lipinski definition) is 0. The van der Waals surface area contributed by atoms with Crippen molar-refractivity contribution in [3.63, 3.8) is 0 Å². The van der Waals surface area contributed by atoms with Gasteiger partial charge in [-0.25, -0.2) is 15.0 Å². The Labute approximate surface area is 292 Å². The summed E-state index contributed by atoms with van der Waals surface area (Å²) in [6.45, 7) is 2.18. The molecule has 0 unspecified atom stereocenters. The van der Waals surface area contributed by atoms with Crippen LogP contribution in [0.3, 0.4) is 0 Å². The predicted octanol–water partition coefficient (Wildman–Crippen LogP) is 11.2. The zero-order valence-electron chi connectivity index (χ0n) is 27.7. The van der Waals surface area contributed by atoms with Crippen molar-refractivity contribution >= 4 is 0 Å². The molecule has 3 nitrogen and oxygen atoms in total. The molecule has 0 saturated heterocycles. The fraction of sp³-hybridized carbons (Fsp3) is 0.0426. The van der Waals surface area contributed by atoms with Crippen LogP contribution in [0.2, 0.25) is 0 Å². The number of rotatable bonds is 6. The zero-order chi connectivity index (χ0) is 33.5. The quantitative estimate of drug-likeness (QED) is 0.182. The molecule has 9 rings (SSSR count). The van der Waals surface area contributed by atoms with Crippen molar-refractivity contribution in [2.45, 2.75) is 12.3 Å². The van der Waals surface area contributed by atoms with Gasteiger partial charge >= 0.3 is 0 Å². The molecule has 1 aromatic heterocycles. The van der Waals surface area contributed by atoms with Crippen LogP contribution < -0.4 is 0 Å². The van der Waals surface area contributed by atoms with Crippen LogP contribution in [0.15, 0.2) is 182 Å². The summed E-state index contributed by atoms with van der Waals surface area (Å²) in [5, 5.41) is 0. The summed E-state index contributed by atoms with van der Waals surface area (Å²) in [4.78, 5) is 15.3. The summed E-state index contributed by atoms with van der Waals surface area (Å²) in [6.07, 6.45) is 0. The molecule has 0 bridgehead atoms. The van der Waals surface area contributed by atoms with Crippen molar-refractivity contribution < 1.29 is 0 Å². The van der Waals surface area contributed by atoms with Gasteiger partial charge in [0.25, 0.3) is 0 Å². The molecule has 0 amide bonds. The molecule has 8 aromatic rings. The van der Waals surface area contributed by atoms with Crippen LogP contribution in [0.1, 0.15) is 27.8 Å². The van der Waals surface area contributed by atoms with Gasteiger partial charge in [0, 0.05) is 16.7 Å². The maximum atomic E-state index is 5.17. The standard InChI is InChI=1S/C47H33N3/c1-32-17-11-12-24-37(32)41-31-36(47(35-22-9-4-10-23-35)42-27-15-13-25-38(42)39-26-14-16-28-43(39)47)29-30-40(41)46-49-44(33-18-5-2-6-19-33)48-45(50-46)34-20-7-3-8-21-34/h2-31H,1H3. The van der Waals surface area contributed by atoms with Crippen LogP contribution in [-0.4, -0.2) is 15.0 Å². The second-order valence-corrected chi connectivity index (χ2v) is 12.8. The summed E-state index contributed by atoms with van der Waals surface area (Å²) in [6, 6.07) is 64.5. The smallest absolute Gasteiger partial charge is 0.164 e. The summed E-state index contributed by atoms with van der Waals surface area (Å²) in [7, 11) is 0. The summed E-state index contributed by atoms with van der Waals surface area (Å²) in [5.74, 6) is 1.94. The first-order valence-corrected chi connectivity index (χ1v) is 17.0. The van der Waals surface area contributed by atoms with Crippen molar-refractivity contribution in [3.8, 4) is 56.4 Å². The van der Waals surface area contributed by atoms with Crippen LogP contribution in [0, 0.1) is 6.92 Å². The van der Waals surface area contributed by atoms with Gasteiger partial charge in [-0.15, -0.1) is 0 Å². The average Bonchev–Trinajstić information content (AvgIpc) is 3.50. The summed E-state index contributed by atoms with van der Waals surface area (Å²) >= 11 is 0. The molecular weight excluding hydrogens is 607 g/mol. The molecule has 3 heteroatoms. The van der Waals surface area contributed by atoms with E-state index >= 15 is 0 Å². The van der Waals surface area contributed by atoms with Crippen molar-refractivity contribution in [3.05, 3.63) is 210 Å². The minimum atomic E-state index is -0.520. The van der Waals surface area contributed by atoms with Gasteiger partial charge in [-0.1, -0.05) is 176 Å². The Hall–Kier alpha value is -6.45. The van der Waals surface area contributed by atoms with Crippen LogP contribution in [-0.2, 0) is 5.41 Å². The number of benzene rings is 7. The van der Waals surface area contributed by atoms with Crippen molar-refractivity contribution in [2.75, 3.05) is 0 Å². The van der Waals surface area contributed by atoms with E-state index in [2.05, 4.69) is 153 Å². The number of aryl methyl sites for hydroxylation is 1. The molecule has 0 saturated carbocycles. The van der Waals surface area contributed by atoms with Crippen LogP contribution in [0.25, 0.3) is 56.4 Å². The fourth-order valence-corrected chi connectivity index (χ4v) is 7.71. The minimum Gasteiger partial charge on any atom is -0.208 e. The normalized spacial score (nSPS) is 12.7. The third kappa shape index (κ3) is 4.78. The van der Waals surface area contributed by atoms with Gasteiger partial charge in [0.2, 0.25) is 0 Å². The van der Waals surface area contributed by atoms with E-state index in [-0.39, 0.29) is 0 Å². The Kier molecular flexibility index (Phi) is 7.25. The molecule has 0 aliphatic heterocycles. The van der Waals surface area contributed by atoms with Crippen LogP contribution in [0.4, 0.5) is 0 Å². The maximum Gasteiger partial charge on any atom is 0.164 e. The van der Waals surface area contributed by atoms with E-state index in [1.54, 1.807) is 0 Å². The molecule has 50 heavy (non-hydrogen) atoms. The maximum absolute atomic E-state index is 5.17. The Morgan fingerprint density at radius 3 is 1.36 bits per heavy atom. The van der Waals surface area contributed by atoms with Gasteiger partial charge in [0.05, 0.1) is 5.41 Å². The van der Waals surface area contributed by atoms with E-state index in [1.807, 2.05) is 36.4 Å². The highest BCUT2D eigenvalue weighted by molar-refractivity contribution is 5.89. The molecular formula is C47H33N3. The van der Waals surface area contributed by atoms with E-state index in [1.165, 1.54) is 38.9 Å². The van der Waals surface area contributed by atoms with E-state index in [0.29, 0.717) is 17.5 Å². The van der Waals surface area contributed by atoms with E-state index in [4.69, 9.17) is 15.0 Å². The Balaban J connectivity index is 1.35. The predicted molar refractivity (Wildman–Crippen MR) is 204 cm³/mol. The van der Waals surface area contributed by atoms with Crippen molar-refractivity contribution in [1.82, 2.24) is 15.0 Å². The highest BCUT2D eigenvalue weighted by Crippen LogP contribution is 2.56. The average molecular weight is 640 g/mol. The zero-order valence-corrected chi connectivity index (χ0v) is 27.7. The molecule has 0 fully saturated rings. The summed E-state index contributed by atoms with van der Waals surface area (Å²) < 4.78 is 0. The second kappa shape index (κ2) is 12.2. The van der Waals surface area contributed by atoms with E-state index in [9.17, 15) is 0 Å². The number of aromatic nitrogens is 3. The van der Waals surface area contributed by atoms with Crippen LogP contribution in [0.5, 0.6) is 0 Å². The van der Waals surface area contributed by atoms with Gasteiger partial charge in [0.1, 0.15) is 0 Å². The van der Waals surface area contributed by atoms with Gasteiger partial charge in [-0.3, -0.25) is 0 Å². The van der Waals surface area contributed by atoms with Gasteiger partial charge in [-0.2, -0.15) is 0 Å².